The molecule has 0 saturated carbocycles. The summed E-state index contributed by atoms with van der Waals surface area (Å²) in [5.74, 6) is 0.0586. The largest absolute Gasteiger partial charge is 0.611 e. The maximum Gasteiger partial charge on any atom is 0.418 e. The van der Waals surface area contributed by atoms with Gasteiger partial charge in [0.1, 0.15) is 17.1 Å². The summed E-state index contributed by atoms with van der Waals surface area (Å²) < 4.78 is 90.3. The first-order valence-electron chi connectivity index (χ1n) is 8.06. The van der Waals surface area contributed by atoms with E-state index in [1.807, 2.05) is 0 Å². The Labute approximate surface area is 163 Å². The lowest BCUT2D eigenvalue weighted by Gasteiger charge is -2.13. The van der Waals surface area contributed by atoms with E-state index in [-0.39, 0.29) is 27.7 Å². The third-order valence-electron chi connectivity index (χ3n) is 3.88. The zero-order valence-electron chi connectivity index (χ0n) is 14.6. The van der Waals surface area contributed by atoms with Crippen molar-refractivity contribution in [1.29, 1.82) is 0 Å². The van der Waals surface area contributed by atoms with E-state index < -0.39 is 34.7 Å². The first-order chi connectivity index (χ1) is 13.5. The second-order valence-corrected chi connectivity index (χ2v) is 7.50. The average molecular weight is 434 g/mol. The Balaban J connectivity index is 1.99. The predicted molar refractivity (Wildman–Crippen MR) is 91.5 cm³/mol. The highest BCUT2D eigenvalue weighted by Crippen LogP contribution is 2.34. The van der Waals surface area contributed by atoms with E-state index in [2.05, 4.69) is 15.3 Å². The molecule has 0 fully saturated rings. The molecule has 1 unspecified atom stereocenters. The van der Waals surface area contributed by atoms with E-state index in [0.29, 0.717) is 6.20 Å². The van der Waals surface area contributed by atoms with Crippen LogP contribution < -0.4 is 0 Å². The van der Waals surface area contributed by atoms with Crippen molar-refractivity contribution in [2.45, 2.75) is 24.2 Å². The third kappa shape index (κ3) is 4.53. The molecule has 1 atom stereocenters. The van der Waals surface area contributed by atoms with Crippen molar-refractivity contribution in [3.63, 3.8) is 0 Å². The molecular formula is C17H12F6N4OS. The Morgan fingerprint density at radius 1 is 1.00 bits per heavy atom. The summed E-state index contributed by atoms with van der Waals surface area (Å²) in [7, 11) is 0. The van der Waals surface area contributed by atoms with Gasteiger partial charge in [-0.1, -0.05) is 5.21 Å². The molecule has 0 spiro atoms. The first kappa shape index (κ1) is 21.1. The average Bonchev–Trinajstić information content (AvgIpc) is 3.15. The van der Waals surface area contributed by atoms with Gasteiger partial charge in [0.2, 0.25) is 0 Å². The molecule has 0 aliphatic carbocycles. The second-order valence-electron chi connectivity index (χ2n) is 5.80. The van der Waals surface area contributed by atoms with Crippen molar-refractivity contribution in [1.82, 2.24) is 20.0 Å². The summed E-state index contributed by atoms with van der Waals surface area (Å²) in [5, 5.41) is 7.59. The summed E-state index contributed by atoms with van der Waals surface area (Å²) >= 11 is -1.76. The lowest BCUT2D eigenvalue weighted by atomic mass is 10.2. The van der Waals surface area contributed by atoms with Crippen LogP contribution in [0.1, 0.15) is 18.1 Å². The zero-order valence-corrected chi connectivity index (χ0v) is 15.4. The van der Waals surface area contributed by atoms with Crippen molar-refractivity contribution >= 4 is 11.2 Å². The molecule has 3 rings (SSSR count). The number of alkyl halides is 6. The van der Waals surface area contributed by atoms with E-state index >= 15 is 0 Å². The summed E-state index contributed by atoms with van der Waals surface area (Å²) in [4.78, 5) is 3.61. The van der Waals surface area contributed by atoms with Crippen molar-refractivity contribution in [2.75, 3.05) is 5.75 Å². The molecule has 29 heavy (non-hydrogen) atoms. The van der Waals surface area contributed by atoms with Gasteiger partial charge in [-0.2, -0.15) is 26.3 Å². The highest BCUT2D eigenvalue weighted by atomic mass is 32.2. The molecule has 0 bridgehead atoms. The molecule has 2 heterocycles. The normalized spacial score (nSPS) is 13.5. The molecule has 12 heteroatoms. The van der Waals surface area contributed by atoms with Gasteiger partial charge in [0, 0.05) is 12.3 Å². The highest BCUT2D eigenvalue weighted by molar-refractivity contribution is 7.91. The summed E-state index contributed by atoms with van der Waals surface area (Å²) in [6.07, 6.45) is -7.26. The summed E-state index contributed by atoms with van der Waals surface area (Å²) in [5.41, 5.74) is -1.65. The number of nitrogens with zero attached hydrogens (tertiary/aromatic N) is 4. The lowest BCUT2D eigenvalue weighted by Crippen LogP contribution is -2.12. The van der Waals surface area contributed by atoms with E-state index in [1.54, 1.807) is 6.92 Å². The standard InChI is InChI=1S/C17H12F6N4OS/c1-2-29(28)14-7-11(17(21,22)23)8-24-15(14)13-9-27(26-25-13)12-5-3-10(4-6-12)16(18,19)20/h3-9H,2H2,1H3. The van der Waals surface area contributed by atoms with Crippen LogP contribution in [0.4, 0.5) is 26.3 Å². The van der Waals surface area contributed by atoms with Crippen LogP contribution >= 0.6 is 0 Å². The Kier molecular flexibility index (Phi) is 5.59. The zero-order chi connectivity index (χ0) is 21.4. The first-order valence-corrected chi connectivity index (χ1v) is 9.38. The maximum atomic E-state index is 13.0. The fourth-order valence-electron chi connectivity index (χ4n) is 2.42. The molecule has 0 amide bonds. The molecule has 0 aliphatic heterocycles. The van der Waals surface area contributed by atoms with Crippen molar-refractivity contribution < 1.29 is 30.9 Å². The van der Waals surface area contributed by atoms with Crippen LogP contribution in [-0.4, -0.2) is 30.3 Å². The Morgan fingerprint density at radius 3 is 2.17 bits per heavy atom. The smallest absolute Gasteiger partial charge is 0.418 e. The van der Waals surface area contributed by atoms with E-state index in [1.165, 1.54) is 18.3 Å². The minimum Gasteiger partial charge on any atom is -0.611 e. The van der Waals surface area contributed by atoms with Gasteiger partial charge in [-0.05, 0) is 42.4 Å². The van der Waals surface area contributed by atoms with E-state index in [9.17, 15) is 30.9 Å². The van der Waals surface area contributed by atoms with Gasteiger partial charge in [0.25, 0.3) is 0 Å². The molecule has 2 aromatic heterocycles. The van der Waals surface area contributed by atoms with Crippen LogP contribution in [0, 0.1) is 0 Å². The van der Waals surface area contributed by atoms with Gasteiger partial charge >= 0.3 is 12.4 Å². The fourth-order valence-corrected chi connectivity index (χ4v) is 3.37. The van der Waals surface area contributed by atoms with Gasteiger partial charge < -0.3 is 4.55 Å². The SMILES string of the molecule is CC[S+]([O-])c1cc(C(F)(F)F)cnc1-c1cn(-c2ccc(C(F)(F)F)cc2)nn1. The van der Waals surface area contributed by atoms with Crippen LogP contribution in [0.25, 0.3) is 17.1 Å². The van der Waals surface area contributed by atoms with Gasteiger partial charge in [-0.25, -0.2) is 9.67 Å². The van der Waals surface area contributed by atoms with Gasteiger partial charge in [-0.15, -0.1) is 5.10 Å². The van der Waals surface area contributed by atoms with Crippen LogP contribution in [0.2, 0.25) is 0 Å². The number of pyridine rings is 1. The topological polar surface area (TPSA) is 66.7 Å². The van der Waals surface area contributed by atoms with Crippen molar-refractivity contribution in [3.8, 4) is 17.1 Å². The summed E-state index contributed by atoms with van der Waals surface area (Å²) in [6.45, 7) is 1.54. The Morgan fingerprint density at radius 2 is 1.62 bits per heavy atom. The van der Waals surface area contributed by atoms with Crippen LogP contribution in [0.15, 0.2) is 47.6 Å². The van der Waals surface area contributed by atoms with Crippen LogP contribution in [0.5, 0.6) is 0 Å². The second kappa shape index (κ2) is 7.67. The molecule has 3 aromatic rings. The van der Waals surface area contributed by atoms with Gasteiger partial charge in [0.15, 0.2) is 4.90 Å². The quantitative estimate of drug-likeness (QED) is 0.448. The highest BCUT2D eigenvalue weighted by Gasteiger charge is 2.34. The number of aromatic nitrogens is 4. The Bertz CT molecular complexity index is 1000. The summed E-state index contributed by atoms with van der Waals surface area (Å²) in [6, 6.07) is 4.83. The molecule has 5 nitrogen and oxygen atoms in total. The lowest BCUT2D eigenvalue weighted by molar-refractivity contribution is -0.138. The molecular weight excluding hydrogens is 422 g/mol. The van der Waals surface area contributed by atoms with Crippen molar-refractivity contribution in [3.05, 3.63) is 53.9 Å². The van der Waals surface area contributed by atoms with Gasteiger partial charge in [0.05, 0.1) is 23.0 Å². The minimum atomic E-state index is -4.66. The molecule has 0 aliphatic rings. The molecule has 1 aromatic carbocycles. The monoisotopic (exact) mass is 434 g/mol. The minimum absolute atomic E-state index is 0.0374. The number of benzene rings is 1. The third-order valence-corrected chi connectivity index (χ3v) is 5.21. The van der Waals surface area contributed by atoms with Crippen LogP contribution in [0.3, 0.4) is 0 Å². The number of hydrogen-bond acceptors (Lipinski definition) is 4. The maximum absolute atomic E-state index is 13.0. The molecule has 154 valence electrons. The molecule has 0 radical (unpaired) electrons. The molecule has 0 N–H and O–H groups in total. The van der Waals surface area contributed by atoms with Gasteiger partial charge in [-0.3, -0.25) is 0 Å². The predicted octanol–water partition coefficient (Wildman–Crippen LogP) is 4.49. The number of halogens is 6. The van der Waals surface area contributed by atoms with Crippen LogP contribution in [-0.2, 0) is 23.5 Å². The number of hydrogen-bond donors (Lipinski definition) is 0. The van der Waals surface area contributed by atoms with E-state index in [0.717, 1.165) is 22.9 Å². The van der Waals surface area contributed by atoms with E-state index in [4.69, 9.17) is 0 Å². The number of rotatable bonds is 4. The Hall–Kier alpha value is -2.60. The molecule has 0 saturated heterocycles. The fraction of sp³-hybridized carbons (Fsp3) is 0.235. The van der Waals surface area contributed by atoms with Crippen molar-refractivity contribution in [2.24, 2.45) is 0 Å².